The molecule has 0 spiro atoms. The summed E-state index contributed by atoms with van der Waals surface area (Å²) >= 11 is -4.11. The Kier molecular flexibility index (Phi) is 9.55. The van der Waals surface area contributed by atoms with Gasteiger partial charge in [0.1, 0.15) is 0 Å². The number of rotatable bonds is 8. The van der Waals surface area contributed by atoms with Crippen LogP contribution in [-0.4, -0.2) is 24.4 Å². The van der Waals surface area contributed by atoms with Crippen molar-refractivity contribution in [3.05, 3.63) is 0 Å². The average Bonchev–Trinajstić information content (AvgIpc) is 2.76. The van der Waals surface area contributed by atoms with E-state index in [9.17, 15) is 0 Å². The van der Waals surface area contributed by atoms with Gasteiger partial charge in [0.25, 0.3) is 0 Å². The summed E-state index contributed by atoms with van der Waals surface area (Å²) < 4.78 is 27.7. The molecule has 0 amide bonds. The van der Waals surface area contributed by atoms with Crippen LogP contribution >= 0.6 is 0 Å². The second-order valence-corrected chi connectivity index (χ2v) is 14.8. The zero-order chi connectivity index (χ0) is 19.8. The fraction of sp³-hybridized carbons (Fsp3) is 1.00. The first-order valence-corrected chi connectivity index (χ1v) is 17.0. The first-order chi connectivity index (χ1) is 14.3. The SMILES string of the molecule is C1CCC([O][Zr]([O]C2CCCCC2)([O]C2CCCCC2)[O]C2CCCCC2)CC1. The van der Waals surface area contributed by atoms with Crippen molar-refractivity contribution in [2.24, 2.45) is 0 Å². The minimum absolute atomic E-state index is 0.301. The van der Waals surface area contributed by atoms with Gasteiger partial charge in [-0.15, -0.1) is 0 Å². The van der Waals surface area contributed by atoms with Crippen LogP contribution in [0.3, 0.4) is 0 Å². The average molecular weight is 488 g/mol. The first-order valence-electron chi connectivity index (χ1n) is 13.0. The molecule has 0 saturated heterocycles. The van der Waals surface area contributed by atoms with Gasteiger partial charge in [-0.05, 0) is 0 Å². The molecule has 0 atom stereocenters. The van der Waals surface area contributed by atoms with Crippen LogP contribution in [0.2, 0.25) is 0 Å². The summed E-state index contributed by atoms with van der Waals surface area (Å²) in [6.07, 6.45) is 26.1. The quantitative estimate of drug-likeness (QED) is 0.363. The van der Waals surface area contributed by atoms with E-state index in [1.165, 1.54) is 77.0 Å². The van der Waals surface area contributed by atoms with Gasteiger partial charge in [0.05, 0.1) is 0 Å². The third-order valence-corrected chi connectivity index (χ3v) is 13.6. The Morgan fingerprint density at radius 1 is 0.310 bits per heavy atom. The zero-order valence-corrected chi connectivity index (χ0v) is 21.0. The van der Waals surface area contributed by atoms with Gasteiger partial charge in [0.15, 0.2) is 0 Å². The molecule has 4 nitrogen and oxygen atoms in total. The second kappa shape index (κ2) is 12.1. The van der Waals surface area contributed by atoms with Gasteiger partial charge in [0, 0.05) is 0 Å². The van der Waals surface area contributed by atoms with Crippen molar-refractivity contribution in [3.8, 4) is 0 Å². The summed E-state index contributed by atoms with van der Waals surface area (Å²) in [5, 5.41) is 0. The van der Waals surface area contributed by atoms with E-state index in [0.29, 0.717) is 24.4 Å². The van der Waals surface area contributed by atoms with Gasteiger partial charge >= 0.3 is 186 Å². The monoisotopic (exact) mass is 486 g/mol. The molecular weight excluding hydrogens is 443 g/mol. The van der Waals surface area contributed by atoms with Gasteiger partial charge in [-0.1, -0.05) is 0 Å². The van der Waals surface area contributed by atoms with Crippen LogP contribution in [0.5, 0.6) is 0 Å². The molecule has 0 aliphatic heterocycles. The van der Waals surface area contributed by atoms with Gasteiger partial charge in [0.2, 0.25) is 0 Å². The molecular formula is C24H44O4Zr. The van der Waals surface area contributed by atoms with Crippen LogP contribution in [0, 0.1) is 0 Å². The molecule has 4 saturated carbocycles. The molecule has 29 heavy (non-hydrogen) atoms. The summed E-state index contributed by atoms with van der Waals surface area (Å²) in [7, 11) is 0. The van der Waals surface area contributed by atoms with E-state index in [0.717, 1.165) is 51.4 Å². The Balaban J connectivity index is 1.51. The van der Waals surface area contributed by atoms with E-state index in [-0.39, 0.29) is 0 Å². The molecule has 4 aliphatic carbocycles. The normalized spacial score (nSPS) is 27.3. The zero-order valence-electron chi connectivity index (χ0n) is 18.6. The van der Waals surface area contributed by atoms with Crippen molar-refractivity contribution in [1.82, 2.24) is 0 Å². The van der Waals surface area contributed by atoms with Crippen LogP contribution in [0.25, 0.3) is 0 Å². The van der Waals surface area contributed by atoms with Gasteiger partial charge in [-0.25, -0.2) is 0 Å². The third kappa shape index (κ3) is 7.38. The van der Waals surface area contributed by atoms with Crippen LogP contribution in [0.15, 0.2) is 0 Å². The molecule has 168 valence electrons. The van der Waals surface area contributed by atoms with Crippen molar-refractivity contribution in [3.63, 3.8) is 0 Å². The molecule has 0 unspecified atom stereocenters. The summed E-state index contributed by atoms with van der Waals surface area (Å²) in [6, 6.07) is 0. The van der Waals surface area contributed by atoms with Crippen molar-refractivity contribution in [2.75, 3.05) is 0 Å². The van der Waals surface area contributed by atoms with Gasteiger partial charge < -0.3 is 0 Å². The van der Waals surface area contributed by atoms with E-state index in [2.05, 4.69) is 0 Å². The van der Waals surface area contributed by atoms with Crippen LogP contribution in [-0.2, 0) is 33.3 Å². The summed E-state index contributed by atoms with van der Waals surface area (Å²) in [6.45, 7) is 0. The Labute approximate surface area is 185 Å². The molecule has 0 aromatic carbocycles. The second-order valence-electron chi connectivity index (χ2n) is 10.0. The minimum atomic E-state index is -4.11. The van der Waals surface area contributed by atoms with Crippen molar-refractivity contribution in [2.45, 2.75) is 153 Å². The maximum atomic E-state index is 6.93. The van der Waals surface area contributed by atoms with E-state index >= 15 is 0 Å². The fourth-order valence-electron chi connectivity index (χ4n) is 5.72. The Hall–Kier alpha value is 0.723. The number of hydrogen-bond acceptors (Lipinski definition) is 4. The first kappa shape index (κ1) is 22.9. The predicted octanol–water partition coefficient (Wildman–Crippen LogP) is 7.20. The molecule has 0 heterocycles. The molecule has 4 aliphatic rings. The predicted molar refractivity (Wildman–Crippen MR) is 112 cm³/mol. The number of hydrogen-bond donors (Lipinski definition) is 0. The Morgan fingerprint density at radius 3 is 0.724 bits per heavy atom. The van der Waals surface area contributed by atoms with Crippen LogP contribution < -0.4 is 0 Å². The third-order valence-electron chi connectivity index (χ3n) is 7.45. The maximum absolute atomic E-state index is 6.93. The summed E-state index contributed by atoms with van der Waals surface area (Å²) in [5.41, 5.74) is 0. The molecule has 0 aromatic heterocycles. The molecule has 4 rings (SSSR count). The molecule has 0 N–H and O–H groups in total. The molecule has 5 heteroatoms. The topological polar surface area (TPSA) is 36.9 Å². The fourth-order valence-corrected chi connectivity index (χ4v) is 12.9. The van der Waals surface area contributed by atoms with E-state index in [1.807, 2.05) is 0 Å². The molecule has 4 fully saturated rings. The van der Waals surface area contributed by atoms with E-state index in [4.69, 9.17) is 11.3 Å². The van der Waals surface area contributed by atoms with Crippen LogP contribution in [0.1, 0.15) is 128 Å². The van der Waals surface area contributed by atoms with Crippen molar-refractivity contribution in [1.29, 1.82) is 0 Å². The molecule has 0 radical (unpaired) electrons. The van der Waals surface area contributed by atoms with E-state index in [1.54, 1.807) is 0 Å². The Morgan fingerprint density at radius 2 is 0.517 bits per heavy atom. The summed E-state index contributed by atoms with van der Waals surface area (Å²) in [4.78, 5) is 0. The van der Waals surface area contributed by atoms with Gasteiger partial charge in [-0.2, -0.15) is 0 Å². The van der Waals surface area contributed by atoms with Gasteiger partial charge in [-0.3, -0.25) is 0 Å². The van der Waals surface area contributed by atoms with Crippen molar-refractivity contribution >= 4 is 0 Å². The van der Waals surface area contributed by atoms with Crippen molar-refractivity contribution < 1.29 is 33.3 Å². The van der Waals surface area contributed by atoms with E-state index < -0.39 is 22.0 Å². The molecule has 0 aromatic rings. The Bertz CT molecular complexity index is 364. The standard InChI is InChI=1S/4C6H11O.Zr/c4*7-6-4-2-1-3-5-6;/h4*6H,1-5H2;/q4*-1;+4. The van der Waals surface area contributed by atoms with Crippen LogP contribution in [0.4, 0.5) is 0 Å². The molecule has 0 bridgehead atoms. The summed E-state index contributed by atoms with van der Waals surface area (Å²) in [5.74, 6) is 0.